The number of ether oxygens (including phenoxy) is 2. The molecule has 0 aliphatic rings. The van der Waals surface area contributed by atoms with E-state index >= 15 is 0 Å². The minimum absolute atomic E-state index is 0.645. The molecule has 0 saturated carbocycles. The quantitative estimate of drug-likeness (QED) is 0.659. The smallest absolute Gasteiger partial charge is 0.127 e. The van der Waals surface area contributed by atoms with Gasteiger partial charge >= 0.3 is 0 Å². The molecule has 0 aliphatic carbocycles. The van der Waals surface area contributed by atoms with Crippen molar-refractivity contribution in [2.24, 2.45) is 0 Å². The Morgan fingerprint density at radius 2 is 1.28 bits per heavy atom. The third kappa shape index (κ3) is 3.34. The molecule has 3 nitrogen and oxygen atoms in total. The predicted molar refractivity (Wildman–Crippen MR) is 99.9 cm³/mol. The van der Waals surface area contributed by atoms with Gasteiger partial charge in [-0.15, -0.1) is 0 Å². The number of benzene rings is 3. The molecule has 25 heavy (non-hydrogen) atoms. The maximum atomic E-state index is 8.94. The van der Waals surface area contributed by atoms with Crippen LogP contribution in [0.15, 0.2) is 60.7 Å². The van der Waals surface area contributed by atoms with E-state index in [9.17, 15) is 0 Å². The van der Waals surface area contributed by atoms with E-state index in [1.165, 1.54) is 0 Å². The molecule has 3 rings (SSSR count). The number of nitrogens with zero attached hydrogens (tertiary/aromatic N) is 1. The fourth-order valence-electron chi connectivity index (χ4n) is 2.83. The van der Waals surface area contributed by atoms with Gasteiger partial charge in [0.05, 0.1) is 25.9 Å². The molecule has 0 unspecified atom stereocenters. The van der Waals surface area contributed by atoms with E-state index < -0.39 is 0 Å². The number of hydrogen-bond donors (Lipinski definition) is 0. The first-order valence-electron chi connectivity index (χ1n) is 8.00. The first-order chi connectivity index (χ1) is 12.2. The van der Waals surface area contributed by atoms with Gasteiger partial charge in [-0.2, -0.15) is 5.26 Å². The highest BCUT2D eigenvalue weighted by Crippen LogP contribution is 2.35. The maximum absolute atomic E-state index is 8.94. The Morgan fingerprint density at radius 3 is 1.88 bits per heavy atom. The van der Waals surface area contributed by atoms with Gasteiger partial charge in [0.25, 0.3) is 0 Å². The molecule has 3 aromatic carbocycles. The second-order valence-electron chi connectivity index (χ2n) is 5.79. The van der Waals surface area contributed by atoms with Gasteiger partial charge in [0.1, 0.15) is 11.5 Å². The van der Waals surface area contributed by atoms with Crippen LogP contribution >= 0.6 is 0 Å². The van der Waals surface area contributed by atoms with Crippen LogP contribution in [0.25, 0.3) is 22.3 Å². The molecule has 0 atom stereocenters. The van der Waals surface area contributed by atoms with Crippen LogP contribution in [-0.2, 0) is 0 Å². The van der Waals surface area contributed by atoms with Crippen molar-refractivity contribution in [2.75, 3.05) is 14.2 Å². The Balaban J connectivity index is 2.03. The molecule has 0 aromatic heterocycles. The van der Waals surface area contributed by atoms with Crippen molar-refractivity contribution in [3.05, 3.63) is 71.8 Å². The topological polar surface area (TPSA) is 42.2 Å². The van der Waals surface area contributed by atoms with Crippen molar-refractivity contribution in [1.29, 1.82) is 5.26 Å². The minimum atomic E-state index is 0.645. The third-order valence-corrected chi connectivity index (χ3v) is 4.27. The Kier molecular flexibility index (Phi) is 4.72. The van der Waals surface area contributed by atoms with E-state index in [0.29, 0.717) is 5.56 Å². The summed E-state index contributed by atoms with van der Waals surface area (Å²) in [6, 6.07) is 21.9. The number of methoxy groups -OCH3 is 2. The van der Waals surface area contributed by atoms with Gasteiger partial charge in [0.2, 0.25) is 0 Å². The first kappa shape index (κ1) is 16.6. The molecule has 0 aliphatic heterocycles. The van der Waals surface area contributed by atoms with Crippen molar-refractivity contribution in [3.63, 3.8) is 0 Å². The zero-order valence-electron chi connectivity index (χ0n) is 14.5. The summed E-state index contributed by atoms with van der Waals surface area (Å²) in [5, 5.41) is 8.94. The largest absolute Gasteiger partial charge is 0.496 e. The van der Waals surface area contributed by atoms with Gasteiger partial charge in [0, 0.05) is 5.56 Å². The zero-order chi connectivity index (χ0) is 17.8. The van der Waals surface area contributed by atoms with Crippen LogP contribution in [0.3, 0.4) is 0 Å². The van der Waals surface area contributed by atoms with Crippen LogP contribution in [0.5, 0.6) is 11.5 Å². The predicted octanol–water partition coefficient (Wildman–Crippen LogP) is 5.22. The summed E-state index contributed by atoms with van der Waals surface area (Å²) in [6.07, 6.45) is 0. The number of rotatable bonds is 4. The molecule has 0 fully saturated rings. The normalized spacial score (nSPS) is 10.2. The Labute approximate surface area is 148 Å². The average Bonchev–Trinajstić information content (AvgIpc) is 2.68. The van der Waals surface area contributed by atoms with Crippen LogP contribution in [0.4, 0.5) is 0 Å². The Hall–Kier alpha value is -3.25. The summed E-state index contributed by atoms with van der Waals surface area (Å²) >= 11 is 0. The van der Waals surface area contributed by atoms with Crippen LogP contribution in [-0.4, -0.2) is 14.2 Å². The van der Waals surface area contributed by atoms with Crippen molar-refractivity contribution < 1.29 is 9.47 Å². The fraction of sp³-hybridized carbons (Fsp3) is 0.136. The van der Waals surface area contributed by atoms with Crippen molar-refractivity contribution in [2.45, 2.75) is 6.92 Å². The van der Waals surface area contributed by atoms with E-state index in [4.69, 9.17) is 14.7 Å². The van der Waals surface area contributed by atoms with Crippen molar-refractivity contribution in [1.82, 2.24) is 0 Å². The molecular weight excluding hydrogens is 310 g/mol. The number of aryl methyl sites for hydroxylation is 1. The van der Waals surface area contributed by atoms with Gasteiger partial charge in [0.15, 0.2) is 0 Å². The van der Waals surface area contributed by atoms with Gasteiger partial charge in [-0.05, 0) is 53.4 Å². The zero-order valence-corrected chi connectivity index (χ0v) is 14.5. The average molecular weight is 329 g/mol. The van der Waals surface area contributed by atoms with E-state index in [2.05, 4.69) is 24.3 Å². The second kappa shape index (κ2) is 7.11. The summed E-state index contributed by atoms with van der Waals surface area (Å²) in [5.74, 6) is 1.66. The van der Waals surface area contributed by atoms with E-state index in [0.717, 1.165) is 39.3 Å². The monoisotopic (exact) mass is 329 g/mol. The van der Waals surface area contributed by atoms with Gasteiger partial charge in [-0.25, -0.2) is 0 Å². The van der Waals surface area contributed by atoms with Gasteiger partial charge in [-0.3, -0.25) is 0 Å². The van der Waals surface area contributed by atoms with Gasteiger partial charge in [-0.1, -0.05) is 36.4 Å². The fourth-order valence-corrected chi connectivity index (χ4v) is 2.83. The number of nitriles is 1. The molecule has 124 valence electrons. The molecule has 0 bridgehead atoms. The molecule has 0 radical (unpaired) electrons. The van der Waals surface area contributed by atoms with Crippen LogP contribution < -0.4 is 9.47 Å². The lowest BCUT2D eigenvalue weighted by molar-refractivity contribution is 0.412. The summed E-state index contributed by atoms with van der Waals surface area (Å²) in [7, 11) is 3.35. The summed E-state index contributed by atoms with van der Waals surface area (Å²) in [4.78, 5) is 0. The molecule has 0 saturated heterocycles. The first-order valence-corrected chi connectivity index (χ1v) is 8.00. The van der Waals surface area contributed by atoms with Crippen LogP contribution in [0, 0.1) is 18.3 Å². The molecule has 0 heterocycles. The molecule has 0 N–H and O–H groups in total. The van der Waals surface area contributed by atoms with E-state index in [-0.39, 0.29) is 0 Å². The molecule has 0 spiro atoms. The van der Waals surface area contributed by atoms with Crippen molar-refractivity contribution in [3.8, 4) is 39.8 Å². The SMILES string of the molecule is COc1cc(-c2ccc(-c3ccc(C#N)cc3)c(OC)c2)ccc1C. The minimum Gasteiger partial charge on any atom is -0.496 e. The summed E-state index contributed by atoms with van der Waals surface area (Å²) in [6.45, 7) is 2.02. The molecule has 3 aromatic rings. The third-order valence-electron chi connectivity index (χ3n) is 4.27. The lowest BCUT2D eigenvalue weighted by Gasteiger charge is -2.13. The molecular formula is C22H19NO2. The summed E-state index contributed by atoms with van der Waals surface area (Å²) in [5.41, 5.74) is 5.90. The highest BCUT2D eigenvalue weighted by Gasteiger charge is 2.10. The van der Waals surface area contributed by atoms with E-state index in [1.54, 1.807) is 14.2 Å². The molecule has 0 amide bonds. The summed E-state index contributed by atoms with van der Waals surface area (Å²) < 4.78 is 11.0. The second-order valence-corrected chi connectivity index (χ2v) is 5.79. The van der Waals surface area contributed by atoms with Crippen molar-refractivity contribution >= 4 is 0 Å². The maximum Gasteiger partial charge on any atom is 0.127 e. The highest BCUT2D eigenvalue weighted by atomic mass is 16.5. The molecule has 3 heteroatoms. The lowest BCUT2D eigenvalue weighted by Crippen LogP contribution is -1.91. The standard InChI is InChI=1S/C22H19NO2/c1-15-4-7-18(12-21(15)24-2)19-10-11-20(22(13-19)25-3)17-8-5-16(14-23)6-9-17/h4-13H,1-3H3. The van der Waals surface area contributed by atoms with E-state index in [1.807, 2.05) is 49.4 Å². The van der Waals surface area contributed by atoms with Crippen LogP contribution in [0.1, 0.15) is 11.1 Å². The van der Waals surface area contributed by atoms with Gasteiger partial charge < -0.3 is 9.47 Å². The lowest BCUT2D eigenvalue weighted by atomic mass is 9.98. The number of hydrogen-bond acceptors (Lipinski definition) is 3. The highest BCUT2D eigenvalue weighted by molar-refractivity contribution is 5.77. The Bertz CT molecular complexity index is 937. The van der Waals surface area contributed by atoms with Crippen LogP contribution in [0.2, 0.25) is 0 Å². The Morgan fingerprint density at radius 1 is 0.720 bits per heavy atom.